The topological polar surface area (TPSA) is 48.4 Å². The first-order chi connectivity index (χ1) is 12.3. The van der Waals surface area contributed by atoms with Crippen LogP contribution in [0.4, 0.5) is 0 Å². The quantitative estimate of drug-likeness (QED) is 0.472. The normalized spacial score (nSPS) is 11.6. The molecule has 1 heterocycles. The Morgan fingerprint density at radius 1 is 0.920 bits per heavy atom. The Morgan fingerprint density at radius 2 is 1.60 bits per heavy atom. The second kappa shape index (κ2) is 8.11. The highest BCUT2D eigenvalue weighted by Crippen LogP contribution is 2.25. The molecule has 126 valence electrons. The molecule has 1 aromatic heterocycles. The van der Waals surface area contributed by atoms with E-state index in [4.69, 9.17) is 9.47 Å². The zero-order valence-electron chi connectivity index (χ0n) is 14.0. The van der Waals surface area contributed by atoms with E-state index in [1.807, 2.05) is 49.4 Å². The predicted octanol–water partition coefficient (Wildman–Crippen LogP) is 4.97. The van der Waals surface area contributed by atoms with Crippen molar-refractivity contribution in [1.29, 1.82) is 0 Å². The molecule has 0 fully saturated rings. The Kier molecular flexibility index (Phi) is 5.42. The second-order valence-electron chi connectivity index (χ2n) is 5.53. The van der Waals surface area contributed by atoms with Crippen molar-refractivity contribution in [1.82, 2.24) is 4.98 Å². The lowest BCUT2D eigenvalue weighted by molar-refractivity contribution is -0.136. The van der Waals surface area contributed by atoms with Crippen molar-refractivity contribution in [3.05, 3.63) is 84.6 Å². The van der Waals surface area contributed by atoms with Gasteiger partial charge in [0.2, 0.25) is 5.88 Å². The van der Waals surface area contributed by atoms with Gasteiger partial charge in [0.15, 0.2) is 0 Å². The maximum absolute atomic E-state index is 12.5. The van der Waals surface area contributed by atoms with Crippen molar-refractivity contribution in [2.24, 2.45) is 0 Å². The molecule has 25 heavy (non-hydrogen) atoms. The van der Waals surface area contributed by atoms with E-state index in [0.717, 1.165) is 5.56 Å². The molecule has 0 aliphatic heterocycles. The molecule has 0 amide bonds. The highest BCUT2D eigenvalue weighted by atomic mass is 16.5. The number of benzene rings is 2. The van der Waals surface area contributed by atoms with Crippen LogP contribution in [0.2, 0.25) is 0 Å². The average molecular weight is 333 g/mol. The predicted molar refractivity (Wildman–Crippen MR) is 95.9 cm³/mol. The van der Waals surface area contributed by atoms with E-state index in [-0.39, 0.29) is 11.9 Å². The van der Waals surface area contributed by atoms with Crippen LogP contribution in [0, 0.1) is 0 Å². The van der Waals surface area contributed by atoms with Gasteiger partial charge in [-0.25, -0.2) is 4.98 Å². The van der Waals surface area contributed by atoms with Gasteiger partial charge in [-0.05, 0) is 42.3 Å². The minimum absolute atomic E-state index is 0.257. The van der Waals surface area contributed by atoms with Gasteiger partial charge in [0.1, 0.15) is 11.5 Å². The summed E-state index contributed by atoms with van der Waals surface area (Å²) in [6.45, 7) is 1.97. The van der Waals surface area contributed by atoms with E-state index in [0.29, 0.717) is 23.8 Å². The summed E-state index contributed by atoms with van der Waals surface area (Å²) in [5, 5.41) is 0. The minimum Gasteiger partial charge on any atom is -0.439 e. The summed E-state index contributed by atoms with van der Waals surface area (Å²) in [5.74, 6) is 1.11. The Hall–Kier alpha value is -3.14. The van der Waals surface area contributed by atoms with E-state index < -0.39 is 0 Å². The van der Waals surface area contributed by atoms with Crippen molar-refractivity contribution in [3.8, 4) is 17.4 Å². The third kappa shape index (κ3) is 4.44. The van der Waals surface area contributed by atoms with Crippen molar-refractivity contribution in [2.75, 3.05) is 0 Å². The SMILES string of the molecule is CCC(C(=O)Oc1ccc(Oc2ccccn2)cc1)c1ccccc1. The van der Waals surface area contributed by atoms with Gasteiger partial charge in [-0.15, -0.1) is 0 Å². The van der Waals surface area contributed by atoms with Crippen LogP contribution >= 0.6 is 0 Å². The van der Waals surface area contributed by atoms with Crippen molar-refractivity contribution in [2.45, 2.75) is 19.3 Å². The summed E-state index contributed by atoms with van der Waals surface area (Å²) in [6, 6.07) is 22.1. The van der Waals surface area contributed by atoms with E-state index in [1.54, 1.807) is 36.5 Å². The monoisotopic (exact) mass is 333 g/mol. The fourth-order valence-corrected chi connectivity index (χ4v) is 2.52. The maximum Gasteiger partial charge on any atom is 0.318 e. The summed E-state index contributed by atoms with van der Waals surface area (Å²) >= 11 is 0. The minimum atomic E-state index is -0.273. The number of esters is 1. The fraction of sp³-hybridized carbons (Fsp3) is 0.143. The highest BCUT2D eigenvalue weighted by molar-refractivity contribution is 5.80. The zero-order chi connectivity index (χ0) is 17.5. The van der Waals surface area contributed by atoms with Gasteiger partial charge in [-0.3, -0.25) is 4.79 Å². The molecule has 3 rings (SSSR count). The lowest BCUT2D eigenvalue weighted by Gasteiger charge is -2.14. The lowest BCUT2D eigenvalue weighted by Crippen LogP contribution is -2.18. The number of aromatic nitrogens is 1. The van der Waals surface area contributed by atoms with Crippen LogP contribution in [0.1, 0.15) is 24.8 Å². The number of pyridine rings is 1. The third-order valence-corrected chi connectivity index (χ3v) is 3.80. The number of carbonyl (C=O) groups excluding carboxylic acids is 1. The Labute approximate surface area is 147 Å². The molecule has 1 unspecified atom stereocenters. The Balaban J connectivity index is 1.65. The number of hydrogen-bond acceptors (Lipinski definition) is 4. The van der Waals surface area contributed by atoms with Gasteiger partial charge in [0, 0.05) is 12.3 Å². The van der Waals surface area contributed by atoms with Gasteiger partial charge < -0.3 is 9.47 Å². The molecule has 0 aliphatic rings. The molecule has 0 bridgehead atoms. The van der Waals surface area contributed by atoms with Crippen LogP contribution in [0.15, 0.2) is 79.0 Å². The largest absolute Gasteiger partial charge is 0.439 e. The van der Waals surface area contributed by atoms with E-state index >= 15 is 0 Å². The molecule has 4 nitrogen and oxygen atoms in total. The Bertz CT molecular complexity index is 802. The van der Waals surface area contributed by atoms with E-state index in [9.17, 15) is 4.79 Å². The van der Waals surface area contributed by atoms with Crippen molar-refractivity contribution < 1.29 is 14.3 Å². The molecule has 4 heteroatoms. The number of hydrogen-bond donors (Lipinski definition) is 0. The zero-order valence-corrected chi connectivity index (χ0v) is 14.0. The molecule has 0 spiro atoms. The third-order valence-electron chi connectivity index (χ3n) is 3.80. The highest BCUT2D eigenvalue weighted by Gasteiger charge is 2.20. The standard InChI is InChI=1S/C21H19NO3/c1-2-19(16-8-4-3-5-9-16)21(23)25-18-13-11-17(12-14-18)24-20-10-6-7-15-22-20/h3-15,19H,2H2,1H3. The van der Waals surface area contributed by atoms with Gasteiger partial charge in [-0.2, -0.15) is 0 Å². The van der Waals surface area contributed by atoms with Crippen LogP contribution in [0.25, 0.3) is 0 Å². The number of rotatable bonds is 6. The molecule has 0 radical (unpaired) electrons. The number of carbonyl (C=O) groups is 1. The van der Waals surface area contributed by atoms with Crippen LogP contribution in [-0.2, 0) is 4.79 Å². The maximum atomic E-state index is 12.5. The van der Waals surface area contributed by atoms with E-state index in [1.165, 1.54) is 0 Å². The van der Waals surface area contributed by atoms with Crippen LogP contribution in [-0.4, -0.2) is 11.0 Å². The molecular weight excluding hydrogens is 314 g/mol. The summed E-state index contributed by atoms with van der Waals surface area (Å²) in [4.78, 5) is 16.6. The summed E-state index contributed by atoms with van der Waals surface area (Å²) in [6.07, 6.45) is 2.35. The molecule has 1 atom stereocenters. The van der Waals surface area contributed by atoms with Crippen LogP contribution < -0.4 is 9.47 Å². The van der Waals surface area contributed by atoms with Gasteiger partial charge in [0.25, 0.3) is 0 Å². The Morgan fingerprint density at radius 3 is 2.24 bits per heavy atom. The van der Waals surface area contributed by atoms with Crippen LogP contribution in [0.3, 0.4) is 0 Å². The first-order valence-electron chi connectivity index (χ1n) is 8.22. The summed E-state index contributed by atoms with van der Waals surface area (Å²) in [5.41, 5.74) is 0.963. The number of nitrogens with zero attached hydrogens (tertiary/aromatic N) is 1. The van der Waals surface area contributed by atoms with E-state index in [2.05, 4.69) is 4.98 Å². The van der Waals surface area contributed by atoms with Gasteiger partial charge in [-0.1, -0.05) is 43.3 Å². The van der Waals surface area contributed by atoms with Crippen molar-refractivity contribution >= 4 is 5.97 Å². The molecule has 3 aromatic rings. The van der Waals surface area contributed by atoms with Crippen molar-refractivity contribution in [3.63, 3.8) is 0 Å². The number of ether oxygens (including phenoxy) is 2. The fourth-order valence-electron chi connectivity index (χ4n) is 2.52. The molecule has 0 saturated heterocycles. The van der Waals surface area contributed by atoms with Gasteiger partial charge in [0.05, 0.1) is 5.92 Å². The molecule has 0 aliphatic carbocycles. The molecule has 0 N–H and O–H groups in total. The average Bonchev–Trinajstić information content (AvgIpc) is 2.66. The smallest absolute Gasteiger partial charge is 0.318 e. The molecule has 2 aromatic carbocycles. The van der Waals surface area contributed by atoms with Crippen LogP contribution in [0.5, 0.6) is 17.4 Å². The first kappa shape index (κ1) is 16.7. The second-order valence-corrected chi connectivity index (χ2v) is 5.53. The summed E-state index contributed by atoms with van der Waals surface area (Å²) < 4.78 is 11.1. The van der Waals surface area contributed by atoms with Gasteiger partial charge >= 0.3 is 5.97 Å². The lowest BCUT2D eigenvalue weighted by atomic mass is 9.97. The molecule has 0 saturated carbocycles. The first-order valence-corrected chi connectivity index (χ1v) is 8.22. The molecular formula is C21H19NO3. The summed E-state index contributed by atoms with van der Waals surface area (Å²) in [7, 11) is 0.